The molecule has 152 valence electrons. The molecule has 3 heterocycles. The zero-order valence-electron chi connectivity index (χ0n) is 14.7. The Labute approximate surface area is 156 Å². The highest BCUT2D eigenvalue weighted by Crippen LogP contribution is 2.30. The lowest BCUT2D eigenvalue weighted by atomic mass is 10.1. The first-order chi connectivity index (χ1) is 13.3. The van der Waals surface area contributed by atoms with Crippen LogP contribution >= 0.6 is 0 Å². The van der Waals surface area contributed by atoms with E-state index in [1.54, 1.807) is 0 Å². The monoisotopic (exact) mass is 397 g/mol. The minimum Gasteiger partial charge on any atom is -0.466 e. The summed E-state index contributed by atoms with van der Waals surface area (Å²) in [6.45, 7) is -0.791. The summed E-state index contributed by atoms with van der Waals surface area (Å²) in [6, 6.07) is 0. The van der Waals surface area contributed by atoms with Gasteiger partial charge >= 0.3 is 11.7 Å². The second-order valence-corrected chi connectivity index (χ2v) is 6.04. The fourth-order valence-electron chi connectivity index (χ4n) is 3.01. The molecule has 13 nitrogen and oxygen atoms in total. The molecule has 0 saturated carbocycles. The molecule has 1 aliphatic heterocycles. The molecule has 0 aliphatic carbocycles. The highest BCUT2D eigenvalue weighted by Gasteiger charge is 2.45. The van der Waals surface area contributed by atoms with Crippen LogP contribution in [0.1, 0.15) is 6.23 Å². The number of anilines is 1. The van der Waals surface area contributed by atoms with E-state index in [0.717, 1.165) is 15.2 Å². The number of nitrogen functional groups attached to an aromatic ring is 1. The molecule has 0 bridgehead atoms. The number of hydrogen-bond acceptors (Lipinski definition) is 10. The molecular formula is C15H19N5O8. The molecule has 28 heavy (non-hydrogen) atoms. The van der Waals surface area contributed by atoms with Crippen LogP contribution in [0.2, 0.25) is 0 Å². The highest BCUT2D eigenvalue weighted by molar-refractivity contribution is 5.81. The Bertz CT molecular complexity index is 1040. The molecule has 0 amide bonds. The van der Waals surface area contributed by atoms with E-state index in [-0.39, 0.29) is 23.7 Å². The van der Waals surface area contributed by atoms with Crippen LogP contribution in [0, 0.1) is 0 Å². The van der Waals surface area contributed by atoms with Crippen molar-refractivity contribution < 1.29 is 29.6 Å². The topological polar surface area (TPSA) is 195 Å². The van der Waals surface area contributed by atoms with E-state index < -0.39 is 48.4 Å². The van der Waals surface area contributed by atoms with Crippen molar-refractivity contribution in [3.63, 3.8) is 0 Å². The molecule has 1 saturated heterocycles. The van der Waals surface area contributed by atoms with Gasteiger partial charge in [-0.1, -0.05) is 6.08 Å². The van der Waals surface area contributed by atoms with Gasteiger partial charge in [-0.15, -0.1) is 0 Å². The van der Waals surface area contributed by atoms with E-state index in [9.17, 15) is 29.7 Å². The predicted octanol–water partition coefficient (Wildman–Crippen LogP) is -3.19. The van der Waals surface area contributed by atoms with Crippen molar-refractivity contribution >= 4 is 23.1 Å². The number of aromatic nitrogens is 4. The van der Waals surface area contributed by atoms with Crippen molar-refractivity contribution in [3.05, 3.63) is 33.0 Å². The Morgan fingerprint density at radius 3 is 2.71 bits per heavy atom. The maximum Gasteiger partial charge on any atom is 0.333 e. The van der Waals surface area contributed by atoms with Crippen LogP contribution in [0.5, 0.6) is 0 Å². The summed E-state index contributed by atoms with van der Waals surface area (Å²) < 4.78 is 11.7. The Morgan fingerprint density at radius 1 is 1.39 bits per heavy atom. The van der Waals surface area contributed by atoms with Crippen molar-refractivity contribution in [1.29, 1.82) is 0 Å². The van der Waals surface area contributed by atoms with Crippen molar-refractivity contribution in [2.24, 2.45) is 0 Å². The number of carbonyl (C=O) groups excluding carboxylic acids is 1. The van der Waals surface area contributed by atoms with Gasteiger partial charge in [0.15, 0.2) is 17.4 Å². The lowest BCUT2D eigenvalue weighted by molar-refractivity contribution is -0.134. The number of nitrogens with one attached hydrogen (secondary N) is 1. The molecule has 0 spiro atoms. The smallest absolute Gasteiger partial charge is 0.333 e. The lowest BCUT2D eigenvalue weighted by Gasteiger charge is -2.15. The van der Waals surface area contributed by atoms with Crippen molar-refractivity contribution in [2.75, 3.05) is 19.5 Å². The summed E-state index contributed by atoms with van der Waals surface area (Å²) in [5, 5.41) is 29.5. The van der Waals surface area contributed by atoms with Gasteiger partial charge in [0.2, 0.25) is 5.95 Å². The molecule has 13 heteroatoms. The summed E-state index contributed by atoms with van der Waals surface area (Å²) >= 11 is 0. The zero-order valence-corrected chi connectivity index (χ0v) is 14.7. The summed E-state index contributed by atoms with van der Waals surface area (Å²) in [5.74, 6) is -0.934. The van der Waals surface area contributed by atoms with Crippen LogP contribution in [-0.2, 0) is 20.8 Å². The second-order valence-electron chi connectivity index (χ2n) is 6.04. The minimum absolute atomic E-state index is 0.175. The van der Waals surface area contributed by atoms with Crippen LogP contribution in [0.4, 0.5) is 5.95 Å². The molecule has 6 N–H and O–H groups in total. The molecule has 2 aromatic rings. The number of carbonyl (C=O) groups is 1. The summed E-state index contributed by atoms with van der Waals surface area (Å²) in [7, 11) is 1.18. The number of rotatable bonds is 5. The first-order valence-corrected chi connectivity index (χ1v) is 8.17. The van der Waals surface area contributed by atoms with E-state index in [1.807, 2.05) is 0 Å². The maximum absolute atomic E-state index is 12.9. The van der Waals surface area contributed by atoms with Gasteiger partial charge in [0.25, 0.3) is 5.56 Å². The van der Waals surface area contributed by atoms with Gasteiger partial charge in [-0.05, 0) is 0 Å². The number of nitrogens with two attached hydrogens (primary N) is 1. The molecule has 0 aromatic carbocycles. The average molecular weight is 397 g/mol. The molecule has 0 unspecified atom stereocenters. The summed E-state index contributed by atoms with van der Waals surface area (Å²) in [6.07, 6.45) is -3.21. The number of hydrogen-bond donors (Lipinski definition) is 5. The van der Waals surface area contributed by atoms with Gasteiger partial charge in [0, 0.05) is 12.6 Å². The van der Waals surface area contributed by atoms with E-state index in [0.29, 0.717) is 0 Å². The number of imidazole rings is 1. The number of methoxy groups -OCH3 is 1. The maximum atomic E-state index is 12.9. The Hall–Kier alpha value is -3.00. The first kappa shape index (κ1) is 19.8. The highest BCUT2D eigenvalue weighted by atomic mass is 16.6. The van der Waals surface area contributed by atoms with Crippen molar-refractivity contribution in [3.8, 4) is 0 Å². The van der Waals surface area contributed by atoms with Crippen LogP contribution in [0.25, 0.3) is 11.2 Å². The van der Waals surface area contributed by atoms with Crippen LogP contribution in [0.15, 0.2) is 21.7 Å². The van der Waals surface area contributed by atoms with Gasteiger partial charge in [0.05, 0.1) is 13.7 Å². The van der Waals surface area contributed by atoms with E-state index in [2.05, 4.69) is 14.7 Å². The SMILES string of the molecule is COC(=O)/C=C/Cn1c(=O)n([C@@H]2O[C@H](CO)[C@H](O)[C@H]2O)c2nc(N)[nH]c(=O)c21. The number of esters is 1. The average Bonchev–Trinajstić information content (AvgIpc) is 3.09. The number of ether oxygens (including phenoxy) is 2. The fourth-order valence-corrected chi connectivity index (χ4v) is 3.01. The molecule has 1 fully saturated rings. The third-order valence-corrected chi connectivity index (χ3v) is 4.34. The van der Waals surface area contributed by atoms with Gasteiger partial charge in [0.1, 0.15) is 18.3 Å². The quantitative estimate of drug-likeness (QED) is 0.253. The van der Waals surface area contributed by atoms with E-state index in [4.69, 9.17) is 10.5 Å². The molecule has 1 aliphatic rings. The number of aliphatic hydroxyl groups excluding tert-OH is 3. The normalized spacial score (nSPS) is 25.0. The fraction of sp³-hybridized carbons (Fsp3) is 0.467. The van der Waals surface area contributed by atoms with Crippen molar-refractivity contribution in [1.82, 2.24) is 19.1 Å². The van der Waals surface area contributed by atoms with Crippen LogP contribution in [-0.4, -0.2) is 72.4 Å². The van der Waals surface area contributed by atoms with Gasteiger partial charge < -0.3 is 30.5 Å². The molecule has 2 aromatic heterocycles. The Kier molecular flexibility index (Phi) is 5.33. The minimum atomic E-state index is -1.57. The first-order valence-electron chi connectivity index (χ1n) is 8.17. The van der Waals surface area contributed by atoms with E-state index in [1.165, 1.54) is 13.2 Å². The number of aromatic amines is 1. The Morgan fingerprint density at radius 2 is 2.11 bits per heavy atom. The van der Waals surface area contributed by atoms with Gasteiger partial charge in [-0.3, -0.25) is 14.3 Å². The number of aliphatic hydroxyl groups is 3. The second kappa shape index (κ2) is 7.55. The van der Waals surface area contributed by atoms with Crippen molar-refractivity contribution in [2.45, 2.75) is 31.1 Å². The zero-order chi connectivity index (χ0) is 20.6. The summed E-state index contributed by atoms with van der Waals surface area (Å²) in [5.41, 5.74) is 3.68. The molecular weight excluding hydrogens is 378 g/mol. The van der Waals surface area contributed by atoms with E-state index >= 15 is 0 Å². The van der Waals surface area contributed by atoms with Crippen LogP contribution in [0.3, 0.4) is 0 Å². The lowest BCUT2D eigenvalue weighted by Crippen LogP contribution is -2.36. The number of allylic oxidation sites excluding steroid dienone is 1. The largest absolute Gasteiger partial charge is 0.466 e. The molecule has 0 radical (unpaired) electrons. The third-order valence-electron chi connectivity index (χ3n) is 4.34. The standard InChI is InChI=1S/C15H19N5O8/c1-27-7(22)3-2-4-19-8-11(17-14(16)18-12(8)25)20(15(19)26)13-10(24)9(23)6(5-21)28-13/h2-3,6,9-10,13,21,23-24H,4-5H2,1H3,(H3,16,17,18,25)/b3-2+/t6-,9+,10-,13-/m1/s1. The molecule has 4 atom stereocenters. The third kappa shape index (κ3) is 3.20. The molecule has 3 rings (SSSR count). The summed E-state index contributed by atoms with van der Waals surface area (Å²) in [4.78, 5) is 42.7. The van der Waals surface area contributed by atoms with Gasteiger partial charge in [-0.25, -0.2) is 14.2 Å². The predicted molar refractivity (Wildman–Crippen MR) is 93.2 cm³/mol. The Balaban J connectivity index is 2.17. The number of nitrogens with zero attached hydrogens (tertiary/aromatic N) is 3. The van der Waals surface area contributed by atoms with Crippen LogP contribution < -0.4 is 17.0 Å². The number of fused-ring (bicyclic) bond motifs is 1. The number of H-pyrrole nitrogens is 1. The van der Waals surface area contributed by atoms with Gasteiger partial charge in [-0.2, -0.15) is 4.98 Å².